The second kappa shape index (κ2) is 5.23. The Bertz CT molecular complexity index is 725. The smallest absolute Gasteiger partial charge is 0.169 e. The molecule has 2 aromatic rings. The van der Waals surface area contributed by atoms with Crippen molar-refractivity contribution in [3.63, 3.8) is 0 Å². The molecule has 0 heterocycles. The number of halogens is 3. The first-order valence-electron chi connectivity index (χ1n) is 5.44. The Kier molecular flexibility index (Phi) is 3.63. The van der Waals surface area contributed by atoms with Crippen molar-refractivity contribution in [2.24, 2.45) is 0 Å². The van der Waals surface area contributed by atoms with E-state index in [1.54, 1.807) is 6.07 Å². The van der Waals surface area contributed by atoms with E-state index >= 15 is 0 Å². The molecule has 0 radical (unpaired) electrons. The number of rotatable bonds is 2. The Morgan fingerprint density at radius 2 is 1.90 bits per heavy atom. The van der Waals surface area contributed by atoms with Gasteiger partial charge in [0, 0.05) is 0 Å². The number of anilines is 4. The van der Waals surface area contributed by atoms with E-state index in [1.165, 1.54) is 18.2 Å². The first kappa shape index (κ1) is 13.9. The van der Waals surface area contributed by atoms with Crippen LogP contribution in [0.3, 0.4) is 0 Å². The van der Waals surface area contributed by atoms with Gasteiger partial charge in [-0.1, -0.05) is 17.7 Å². The van der Waals surface area contributed by atoms with Crippen molar-refractivity contribution < 1.29 is 8.78 Å². The summed E-state index contributed by atoms with van der Waals surface area (Å²) in [6.07, 6.45) is 0. The third-order valence-corrected chi connectivity index (χ3v) is 3.03. The molecule has 5 N–H and O–H groups in total. The number of nitrogens with two attached hydrogens (primary N) is 2. The average molecular weight is 295 g/mol. The Hall–Kier alpha value is -2.52. The van der Waals surface area contributed by atoms with Crippen LogP contribution in [-0.2, 0) is 0 Å². The van der Waals surface area contributed by atoms with E-state index in [9.17, 15) is 8.78 Å². The topological polar surface area (TPSA) is 87.9 Å². The number of hydrogen-bond donors (Lipinski definition) is 3. The van der Waals surface area contributed by atoms with Gasteiger partial charge in [0.2, 0.25) is 0 Å². The van der Waals surface area contributed by atoms with E-state index in [0.29, 0.717) is 0 Å². The van der Waals surface area contributed by atoms with Gasteiger partial charge in [-0.15, -0.1) is 0 Å². The van der Waals surface area contributed by atoms with Crippen LogP contribution in [0.1, 0.15) is 5.56 Å². The first-order valence-corrected chi connectivity index (χ1v) is 5.82. The van der Waals surface area contributed by atoms with Gasteiger partial charge >= 0.3 is 0 Å². The van der Waals surface area contributed by atoms with Gasteiger partial charge in [-0.05, 0) is 18.2 Å². The fourth-order valence-electron chi connectivity index (χ4n) is 1.67. The van der Waals surface area contributed by atoms with E-state index in [1.807, 2.05) is 0 Å². The predicted octanol–water partition coefficient (Wildman–Crippen LogP) is 3.40. The Labute approximate surface area is 118 Å². The average Bonchev–Trinajstić information content (AvgIpc) is 2.41. The van der Waals surface area contributed by atoms with Crippen LogP contribution in [0.2, 0.25) is 5.02 Å². The molecule has 0 aliphatic rings. The molecular formula is C13H9ClF2N4. The maximum atomic E-state index is 14.0. The molecule has 2 rings (SSSR count). The van der Waals surface area contributed by atoms with Crippen molar-refractivity contribution in [3.8, 4) is 6.07 Å². The zero-order valence-electron chi connectivity index (χ0n) is 10.0. The van der Waals surface area contributed by atoms with Gasteiger partial charge in [0.25, 0.3) is 0 Å². The van der Waals surface area contributed by atoms with Crippen molar-refractivity contribution in [1.29, 1.82) is 5.26 Å². The molecule has 0 aromatic heterocycles. The van der Waals surface area contributed by atoms with Gasteiger partial charge in [-0.2, -0.15) is 5.26 Å². The summed E-state index contributed by atoms with van der Waals surface area (Å²) in [5.74, 6) is -1.59. The van der Waals surface area contributed by atoms with Crippen molar-refractivity contribution in [3.05, 3.63) is 46.5 Å². The van der Waals surface area contributed by atoms with Crippen LogP contribution < -0.4 is 16.8 Å². The van der Waals surface area contributed by atoms with Crippen LogP contribution in [-0.4, -0.2) is 0 Å². The van der Waals surface area contributed by atoms with Gasteiger partial charge in [0.15, 0.2) is 5.82 Å². The molecular weight excluding hydrogens is 286 g/mol. The van der Waals surface area contributed by atoms with E-state index in [-0.39, 0.29) is 33.3 Å². The molecule has 2 aromatic carbocycles. The minimum absolute atomic E-state index is 0.00227. The highest BCUT2D eigenvalue weighted by Gasteiger charge is 2.16. The second-order valence-corrected chi connectivity index (χ2v) is 4.34. The molecule has 0 aliphatic carbocycles. The van der Waals surface area contributed by atoms with Crippen molar-refractivity contribution >= 4 is 34.4 Å². The van der Waals surface area contributed by atoms with Gasteiger partial charge in [0.05, 0.1) is 22.7 Å². The summed E-state index contributed by atoms with van der Waals surface area (Å²) in [6, 6.07) is 6.89. The quantitative estimate of drug-likeness (QED) is 0.741. The highest BCUT2D eigenvalue weighted by Crippen LogP contribution is 2.36. The van der Waals surface area contributed by atoms with E-state index < -0.39 is 11.6 Å². The summed E-state index contributed by atoms with van der Waals surface area (Å²) in [5.41, 5.74) is 10.8. The summed E-state index contributed by atoms with van der Waals surface area (Å²) in [7, 11) is 0. The van der Waals surface area contributed by atoms with Gasteiger partial charge in [-0.25, -0.2) is 8.78 Å². The predicted molar refractivity (Wildman–Crippen MR) is 74.6 cm³/mol. The summed E-state index contributed by atoms with van der Waals surface area (Å²) >= 11 is 5.69. The number of benzene rings is 2. The molecule has 7 heteroatoms. The Morgan fingerprint density at radius 1 is 1.20 bits per heavy atom. The van der Waals surface area contributed by atoms with E-state index in [0.717, 1.165) is 6.07 Å². The molecule has 0 unspecified atom stereocenters. The monoisotopic (exact) mass is 294 g/mol. The third kappa shape index (κ3) is 2.31. The fourth-order valence-corrected chi connectivity index (χ4v) is 1.82. The summed E-state index contributed by atoms with van der Waals surface area (Å²) in [5, 5.41) is 11.2. The number of nitriles is 1. The molecule has 0 aliphatic heterocycles. The van der Waals surface area contributed by atoms with Crippen molar-refractivity contribution in [2.45, 2.75) is 0 Å². The molecule has 0 bridgehead atoms. The van der Waals surface area contributed by atoms with Crippen LogP contribution in [0, 0.1) is 23.0 Å². The molecule has 0 amide bonds. The third-order valence-electron chi connectivity index (χ3n) is 2.65. The minimum Gasteiger partial charge on any atom is -0.397 e. The van der Waals surface area contributed by atoms with Crippen LogP contribution in [0.5, 0.6) is 0 Å². The molecule has 0 atom stereocenters. The molecule has 0 saturated heterocycles. The number of nitrogens with one attached hydrogen (secondary N) is 1. The normalized spacial score (nSPS) is 10.1. The van der Waals surface area contributed by atoms with Crippen molar-refractivity contribution in [2.75, 3.05) is 16.8 Å². The standard InChI is InChI=1S/C13H9ClF2N4/c14-11-8(18)4-9(19)13(12(11)16)20-10-3-1-2-7(15)6(10)5-17/h1-4,20H,18-19H2. The lowest BCUT2D eigenvalue weighted by Gasteiger charge is -2.14. The van der Waals surface area contributed by atoms with Crippen LogP contribution in [0.4, 0.5) is 31.5 Å². The SMILES string of the molecule is N#Cc1c(F)cccc1Nc1c(N)cc(N)c(Cl)c1F. The maximum Gasteiger partial charge on any atom is 0.169 e. The van der Waals surface area contributed by atoms with Gasteiger partial charge in [0.1, 0.15) is 22.5 Å². The highest BCUT2D eigenvalue weighted by atomic mass is 35.5. The number of nitrogens with zero attached hydrogens (tertiary/aromatic N) is 1. The maximum absolute atomic E-state index is 14.0. The number of hydrogen-bond acceptors (Lipinski definition) is 4. The zero-order chi connectivity index (χ0) is 14.9. The second-order valence-electron chi connectivity index (χ2n) is 3.96. The minimum atomic E-state index is -0.864. The highest BCUT2D eigenvalue weighted by molar-refractivity contribution is 6.33. The summed E-state index contributed by atoms with van der Waals surface area (Å²) in [4.78, 5) is 0. The zero-order valence-corrected chi connectivity index (χ0v) is 10.8. The number of nitrogen functional groups attached to an aromatic ring is 2. The lowest BCUT2D eigenvalue weighted by molar-refractivity contribution is 0.623. The molecule has 0 fully saturated rings. The van der Waals surface area contributed by atoms with Gasteiger partial charge in [-0.3, -0.25) is 0 Å². The van der Waals surface area contributed by atoms with Crippen LogP contribution in [0.15, 0.2) is 24.3 Å². The molecule has 0 saturated carbocycles. The summed E-state index contributed by atoms with van der Waals surface area (Å²) in [6.45, 7) is 0. The van der Waals surface area contributed by atoms with E-state index in [4.69, 9.17) is 28.3 Å². The van der Waals surface area contributed by atoms with E-state index in [2.05, 4.69) is 5.32 Å². The molecule has 4 nitrogen and oxygen atoms in total. The molecule has 102 valence electrons. The Morgan fingerprint density at radius 3 is 2.55 bits per heavy atom. The first-order chi connectivity index (χ1) is 9.45. The lowest BCUT2D eigenvalue weighted by Crippen LogP contribution is -2.04. The summed E-state index contributed by atoms with van der Waals surface area (Å²) < 4.78 is 27.5. The van der Waals surface area contributed by atoms with Gasteiger partial charge < -0.3 is 16.8 Å². The fraction of sp³-hybridized carbons (Fsp3) is 0. The molecule has 0 spiro atoms. The Balaban J connectivity index is 2.55. The van der Waals surface area contributed by atoms with Crippen molar-refractivity contribution in [1.82, 2.24) is 0 Å². The lowest BCUT2D eigenvalue weighted by atomic mass is 10.1. The van der Waals surface area contributed by atoms with Crippen LogP contribution in [0.25, 0.3) is 0 Å². The van der Waals surface area contributed by atoms with Crippen LogP contribution >= 0.6 is 11.6 Å². The largest absolute Gasteiger partial charge is 0.397 e. The molecule has 20 heavy (non-hydrogen) atoms.